The smallest absolute Gasteiger partial charge is 0.268 e. The summed E-state index contributed by atoms with van der Waals surface area (Å²) in [5.41, 5.74) is 1.86. The number of amides is 1. The maximum atomic E-state index is 12.5. The van der Waals surface area contributed by atoms with Crippen molar-refractivity contribution >= 4 is 15.9 Å². The van der Waals surface area contributed by atoms with Crippen LogP contribution >= 0.6 is 0 Å². The van der Waals surface area contributed by atoms with E-state index in [1.807, 2.05) is 19.1 Å². The number of sulfonamides is 1. The van der Waals surface area contributed by atoms with Crippen LogP contribution in [0.25, 0.3) is 0 Å². The molecule has 0 aliphatic heterocycles. The van der Waals surface area contributed by atoms with Crippen LogP contribution in [-0.4, -0.2) is 24.3 Å². The van der Waals surface area contributed by atoms with Crippen LogP contribution in [0.4, 0.5) is 0 Å². The van der Waals surface area contributed by atoms with Crippen molar-refractivity contribution < 1.29 is 13.2 Å². The zero-order valence-electron chi connectivity index (χ0n) is 14.8. The van der Waals surface area contributed by atoms with Gasteiger partial charge >= 0.3 is 0 Å². The number of hydrogen-bond acceptors (Lipinski definition) is 5. The highest BCUT2D eigenvalue weighted by molar-refractivity contribution is 7.90. The predicted octanol–water partition coefficient (Wildman–Crippen LogP) is 3.21. The minimum atomic E-state index is -3.94. The Morgan fingerprint density at radius 1 is 1.15 bits per heavy atom. The van der Waals surface area contributed by atoms with Crippen LogP contribution in [0, 0.1) is 0 Å². The van der Waals surface area contributed by atoms with Crippen LogP contribution in [0.5, 0.6) is 0 Å². The third-order valence-electron chi connectivity index (χ3n) is 4.87. The fourth-order valence-electron chi connectivity index (χ4n) is 3.42. The fourth-order valence-corrected chi connectivity index (χ4v) is 4.38. The predicted molar refractivity (Wildman–Crippen MR) is 98.3 cm³/mol. The molecule has 0 saturated heterocycles. The molecule has 0 atom stereocenters. The van der Waals surface area contributed by atoms with Gasteiger partial charge in [0.15, 0.2) is 0 Å². The molecule has 2 aromatic rings. The van der Waals surface area contributed by atoms with Gasteiger partial charge < -0.3 is 0 Å². The summed E-state index contributed by atoms with van der Waals surface area (Å²) >= 11 is 0. The molecule has 7 heteroatoms. The zero-order valence-corrected chi connectivity index (χ0v) is 15.6. The third-order valence-corrected chi connectivity index (χ3v) is 6.22. The van der Waals surface area contributed by atoms with Gasteiger partial charge in [-0.25, -0.2) is 23.1 Å². The SMILES string of the molecule is CCc1ncncc1C(=O)NS(=O)(=O)c1ccc(C2CCCCC2)cc1. The van der Waals surface area contributed by atoms with E-state index in [0.29, 0.717) is 18.0 Å². The Morgan fingerprint density at radius 3 is 2.50 bits per heavy atom. The molecular formula is C19H23N3O3S. The molecule has 6 nitrogen and oxygen atoms in total. The summed E-state index contributed by atoms with van der Waals surface area (Å²) in [5, 5.41) is 0. The second-order valence-corrected chi connectivity index (χ2v) is 8.26. The first-order chi connectivity index (χ1) is 12.5. The summed E-state index contributed by atoms with van der Waals surface area (Å²) < 4.78 is 27.2. The van der Waals surface area contributed by atoms with Crippen LogP contribution < -0.4 is 4.72 Å². The average molecular weight is 373 g/mol. The van der Waals surface area contributed by atoms with Crippen LogP contribution in [0.15, 0.2) is 41.7 Å². The summed E-state index contributed by atoms with van der Waals surface area (Å²) in [6.45, 7) is 1.84. The number of rotatable bonds is 5. The van der Waals surface area contributed by atoms with Crippen molar-refractivity contribution in [2.75, 3.05) is 0 Å². The van der Waals surface area contributed by atoms with Crippen molar-refractivity contribution in [2.24, 2.45) is 0 Å². The topological polar surface area (TPSA) is 89.0 Å². The van der Waals surface area contributed by atoms with Crippen molar-refractivity contribution in [2.45, 2.75) is 56.3 Å². The van der Waals surface area contributed by atoms with Gasteiger partial charge in [-0.3, -0.25) is 4.79 Å². The molecule has 1 fully saturated rings. The summed E-state index contributed by atoms with van der Waals surface area (Å²) in [6, 6.07) is 6.86. The summed E-state index contributed by atoms with van der Waals surface area (Å²) in [7, 11) is -3.94. The monoisotopic (exact) mass is 373 g/mol. The Balaban J connectivity index is 1.76. The minimum Gasteiger partial charge on any atom is -0.268 e. The molecule has 1 aromatic carbocycles. The van der Waals surface area contributed by atoms with Crippen LogP contribution in [0.1, 0.15) is 66.6 Å². The van der Waals surface area contributed by atoms with E-state index in [9.17, 15) is 13.2 Å². The molecule has 1 N–H and O–H groups in total. The second kappa shape index (κ2) is 7.95. The quantitative estimate of drug-likeness (QED) is 0.869. The summed E-state index contributed by atoms with van der Waals surface area (Å²) in [6.07, 6.45) is 9.21. The van der Waals surface area contributed by atoms with Crippen LogP contribution in [0.2, 0.25) is 0 Å². The number of carbonyl (C=O) groups is 1. The Kier molecular flexibility index (Phi) is 5.66. The average Bonchev–Trinajstić information content (AvgIpc) is 2.68. The molecule has 1 aliphatic carbocycles. The van der Waals surface area contributed by atoms with Gasteiger partial charge in [-0.15, -0.1) is 0 Å². The second-order valence-electron chi connectivity index (χ2n) is 6.58. The van der Waals surface area contributed by atoms with E-state index >= 15 is 0 Å². The van der Waals surface area contributed by atoms with Gasteiger partial charge in [-0.2, -0.15) is 0 Å². The lowest BCUT2D eigenvalue weighted by molar-refractivity contribution is 0.0979. The van der Waals surface area contributed by atoms with E-state index in [-0.39, 0.29) is 10.5 Å². The highest BCUT2D eigenvalue weighted by Gasteiger charge is 2.22. The van der Waals surface area contributed by atoms with E-state index in [2.05, 4.69) is 14.7 Å². The van der Waals surface area contributed by atoms with Gasteiger partial charge in [0.1, 0.15) is 6.33 Å². The van der Waals surface area contributed by atoms with Gasteiger partial charge in [-0.1, -0.05) is 38.3 Å². The van der Waals surface area contributed by atoms with Crippen molar-refractivity contribution in [1.82, 2.24) is 14.7 Å². The van der Waals surface area contributed by atoms with E-state index in [0.717, 1.165) is 12.8 Å². The first-order valence-corrected chi connectivity index (χ1v) is 10.5. The Labute approximate surface area is 154 Å². The fraction of sp³-hybridized carbons (Fsp3) is 0.421. The molecule has 0 bridgehead atoms. The number of hydrogen-bond donors (Lipinski definition) is 1. The molecule has 1 saturated carbocycles. The number of benzene rings is 1. The number of nitrogens with zero attached hydrogens (tertiary/aromatic N) is 2. The van der Waals surface area contributed by atoms with Crippen LogP contribution in [-0.2, 0) is 16.4 Å². The van der Waals surface area contributed by atoms with Crippen molar-refractivity contribution in [3.8, 4) is 0 Å². The molecule has 1 amide bonds. The van der Waals surface area contributed by atoms with Gasteiger partial charge in [0.05, 0.1) is 16.2 Å². The lowest BCUT2D eigenvalue weighted by Crippen LogP contribution is -2.31. The van der Waals surface area contributed by atoms with Gasteiger partial charge in [0, 0.05) is 6.20 Å². The van der Waals surface area contributed by atoms with E-state index in [1.165, 1.54) is 37.4 Å². The highest BCUT2D eigenvalue weighted by Crippen LogP contribution is 2.32. The van der Waals surface area contributed by atoms with Crippen molar-refractivity contribution in [1.29, 1.82) is 0 Å². The lowest BCUT2D eigenvalue weighted by atomic mass is 9.84. The molecule has 0 spiro atoms. The molecule has 3 rings (SSSR count). The van der Waals surface area contributed by atoms with Gasteiger partial charge in [-0.05, 0) is 42.9 Å². The molecule has 1 aliphatic rings. The van der Waals surface area contributed by atoms with Gasteiger partial charge in [0.25, 0.3) is 15.9 Å². The van der Waals surface area contributed by atoms with E-state index in [1.54, 1.807) is 12.1 Å². The Morgan fingerprint density at radius 2 is 1.85 bits per heavy atom. The third kappa shape index (κ3) is 4.09. The minimum absolute atomic E-state index is 0.0836. The molecule has 0 unspecified atom stereocenters. The highest BCUT2D eigenvalue weighted by atomic mass is 32.2. The standard InChI is InChI=1S/C19H23N3O3S/c1-2-18-17(12-20-13-21-18)19(23)22-26(24,25)16-10-8-15(9-11-16)14-6-4-3-5-7-14/h8-14H,2-7H2,1H3,(H,22,23). The van der Waals surface area contributed by atoms with Gasteiger partial charge in [0.2, 0.25) is 0 Å². The maximum absolute atomic E-state index is 12.5. The summed E-state index contributed by atoms with van der Waals surface area (Å²) in [5.74, 6) is -0.206. The Bertz CT molecular complexity index is 873. The molecular weight excluding hydrogens is 350 g/mol. The van der Waals surface area contributed by atoms with Crippen molar-refractivity contribution in [3.63, 3.8) is 0 Å². The molecule has 26 heavy (non-hydrogen) atoms. The zero-order chi connectivity index (χ0) is 18.6. The Hall–Kier alpha value is -2.28. The first kappa shape index (κ1) is 18.5. The lowest BCUT2D eigenvalue weighted by Gasteiger charge is -2.22. The molecule has 1 aromatic heterocycles. The van der Waals surface area contributed by atoms with E-state index < -0.39 is 15.9 Å². The normalized spacial score (nSPS) is 15.6. The number of carbonyl (C=O) groups excluding carboxylic acids is 1. The maximum Gasteiger partial charge on any atom is 0.268 e. The summed E-state index contributed by atoms with van der Waals surface area (Å²) in [4.78, 5) is 20.3. The number of nitrogens with one attached hydrogen (secondary N) is 1. The van der Waals surface area contributed by atoms with E-state index in [4.69, 9.17) is 0 Å². The number of aryl methyl sites for hydroxylation is 1. The largest absolute Gasteiger partial charge is 0.268 e. The molecule has 138 valence electrons. The van der Waals surface area contributed by atoms with Crippen LogP contribution in [0.3, 0.4) is 0 Å². The molecule has 0 radical (unpaired) electrons. The number of aromatic nitrogens is 2. The molecule has 1 heterocycles. The van der Waals surface area contributed by atoms with Crippen molar-refractivity contribution in [3.05, 3.63) is 53.6 Å². The first-order valence-electron chi connectivity index (χ1n) is 8.97.